The number of hydrogen-bond donors (Lipinski definition) is 1. The molecule has 19 heavy (non-hydrogen) atoms. The van der Waals surface area contributed by atoms with Crippen molar-refractivity contribution in [1.82, 2.24) is 18.8 Å². The third-order valence-corrected chi connectivity index (χ3v) is 5.76. The summed E-state index contributed by atoms with van der Waals surface area (Å²) in [6.45, 7) is 2.66. The normalized spacial score (nSPS) is 19.5. The maximum Gasteiger partial charge on any atom is 0.281 e. The largest absolute Gasteiger partial charge is 0.320 e. The second kappa shape index (κ2) is 7.54. The summed E-state index contributed by atoms with van der Waals surface area (Å²) in [5.74, 6) is 0. The van der Waals surface area contributed by atoms with E-state index in [1.807, 2.05) is 7.05 Å². The molecule has 1 saturated heterocycles. The summed E-state index contributed by atoms with van der Waals surface area (Å²) in [6.07, 6.45) is 2.66. The van der Waals surface area contributed by atoms with Crippen LogP contribution in [0.2, 0.25) is 0 Å². The lowest BCUT2D eigenvalue weighted by molar-refractivity contribution is 0.191. The van der Waals surface area contributed by atoms with Gasteiger partial charge in [-0.1, -0.05) is 0 Å². The Bertz CT molecular complexity index is 351. The first-order valence-corrected chi connectivity index (χ1v) is 8.31. The van der Waals surface area contributed by atoms with Crippen molar-refractivity contribution in [1.29, 1.82) is 0 Å². The van der Waals surface area contributed by atoms with Gasteiger partial charge >= 0.3 is 0 Å². The molecule has 7 heteroatoms. The van der Waals surface area contributed by atoms with Crippen LogP contribution in [-0.4, -0.2) is 82.3 Å². The summed E-state index contributed by atoms with van der Waals surface area (Å²) in [4.78, 5) is 2.18. The van der Waals surface area contributed by atoms with Crippen molar-refractivity contribution in [2.45, 2.75) is 25.3 Å². The second-order valence-corrected chi connectivity index (χ2v) is 7.42. The van der Waals surface area contributed by atoms with Gasteiger partial charge in [0.2, 0.25) is 0 Å². The predicted molar refractivity (Wildman–Crippen MR) is 78.4 cm³/mol. The molecule has 114 valence electrons. The molecule has 0 aliphatic carbocycles. The summed E-state index contributed by atoms with van der Waals surface area (Å²) in [6, 6.07) is 0.501. The molecule has 0 bridgehead atoms. The van der Waals surface area contributed by atoms with Crippen molar-refractivity contribution in [3.63, 3.8) is 0 Å². The Labute approximate surface area is 117 Å². The molecular weight excluding hydrogens is 264 g/mol. The number of piperidine rings is 1. The predicted octanol–water partition coefficient (Wildman–Crippen LogP) is -0.201. The van der Waals surface area contributed by atoms with E-state index in [4.69, 9.17) is 0 Å². The zero-order valence-electron chi connectivity index (χ0n) is 12.6. The Morgan fingerprint density at radius 1 is 1.21 bits per heavy atom. The summed E-state index contributed by atoms with van der Waals surface area (Å²) in [7, 11) is 4.38. The zero-order chi connectivity index (χ0) is 14.5. The number of rotatable bonds is 7. The summed E-state index contributed by atoms with van der Waals surface area (Å²) >= 11 is 0. The van der Waals surface area contributed by atoms with Gasteiger partial charge in [0.05, 0.1) is 0 Å². The van der Waals surface area contributed by atoms with Gasteiger partial charge in [0.25, 0.3) is 10.2 Å². The average Bonchev–Trinajstić information content (AvgIpc) is 2.39. The van der Waals surface area contributed by atoms with Gasteiger partial charge in [-0.25, -0.2) is 0 Å². The van der Waals surface area contributed by atoms with Gasteiger partial charge in [0, 0.05) is 32.7 Å². The minimum atomic E-state index is -3.27. The Kier molecular flexibility index (Phi) is 6.68. The van der Waals surface area contributed by atoms with Gasteiger partial charge in [-0.3, -0.25) is 0 Å². The molecule has 0 amide bonds. The highest BCUT2D eigenvalue weighted by atomic mass is 32.2. The Morgan fingerprint density at radius 2 is 1.79 bits per heavy atom. The van der Waals surface area contributed by atoms with Gasteiger partial charge in [0.1, 0.15) is 0 Å². The topological polar surface area (TPSA) is 55.9 Å². The van der Waals surface area contributed by atoms with Crippen LogP contribution in [0.1, 0.15) is 19.3 Å². The van der Waals surface area contributed by atoms with Crippen LogP contribution in [-0.2, 0) is 10.2 Å². The van der Waals surface area contributed by atoms with Crippen LogP contribution in [0.5, 0.6) is 0 Å². The molecule has 1 N–H and O–H groups in total. The molecule has 0 aromatic carbocycles. The molecule has 0 atom stereocenters. The van der Waals surface area contributed by atoms with Crippen LogP contribution in [0.25, 0.3) is 0 Å². The molecule has 0 unspecified atom stereocenters. The lowest BCUT2D eigenvalue weighted by atomic mass is 10.1. The molecular formula is C12H28N4O2S. The van der Waals surface area contributed by atoms with E-state index in [0.29, 0.717) is 25.7 Å². The van der Waals surface area contributed by atoms with Crippen LogP contribution in [0.3, 0.4) is 0 Å². The van der Waals surface area contributed by atoms with Crippen molar-refractivity contribution >= 4 is 10.2 Å². The van der Waals surface area contributed by atoms with Crippen molar-refractivity contribution in [3.05, 3.63) is 0 Å². The molecule has 0 aromatic heterocycles. The van der Waals surface area contributed by atoms with E-state index < -0.39 is 10.2 Å². The van der Waals surface area contributed by atoms with E-state index in [1.165, 1.54) is 4.31 Å². The monoisotopic (exact) mass is 292 g/mol. The van der Waals surface area contributed by atoms with Crippen LogP contribution in [0, 0.1) is 0 Å². The van der Waals surface area contributed by atoms with E-state index >= 15 is 0 Å². The molecule has 1 aliphatic rings. The fourth-order valence-electron chi connectivity index (χ4n) is 2.38. The first kappa shape index (κ1) is 16.8. The van der Waals surface area contributed by atoms with Gasteiger partial charge in [-0.2, -0.15) is 17.0 Å². The minimum absolute atomic E-state index is 0.501. The van der Waals surface area contributed by atoms with Gasteiger partial charge in [0.15, 0.2) is 0 Å². The fraction of sp³-hybridized carbons (Fsp3) is 1.00. The molecule has 0 aromatic rings. The molecule has 0 radical (unpaired) electrons. The lowest BCUT2D eigenvalue weighted by Crippen LogP contribution is -2.49. The third-order valence-electron chi connectivity index (χ3n) is 3.77. The SMILES string of the molecule is CNCCCN(C)S(=O)(=O)N1CCC(N(C)C)CC1. The van der Waals surface area contributed by atoms with E-state index in [2.05, 4.69) is 24.3 Å². The first-order valence-electron chi connectivity index (χ1n) is 6.92. The van der Waals surface area contributed by atoms with E-state index in [9.17, 15) is 8.42 Å². The maximum absolute atomic E-state index is 12.4. The number of nitrogens with zero attached hydrogens (tertiary/aromatic N) is 3. The summed E-state index contributed by atoms with van der Waals surface area (Å²) in [5, 5.41) is 3.03. The Morgan fingerprint density at radius 3 is 2.26 bits per heavy atom. The molecule has 1 fully saturated rings. The molecule has 0 spiro atoms. The van der Waals surface area contributed by atoms with Crippen LogP contribution < -0.4 is 5.32 Å². The summed E-state index contributed by atoms with van der Waals surface area (Å²) in [5.41, 5.74) is 0. The van der Waals surface area contributed by atoms with Gasteiger partial charge in [-0.15, -0.1) is 0 Å². The molecule has 1 heterocycles. The highest BCUT2D eigenvalue weighted by Gasteiger charge is 2.31. The van der Waals surface area contributed by atoms with E-state index in [0.717, 1.165) is 25.8 Å². The fourth-order valence-corrected chi connectivity index (χ4v) is 3.81. The highest BCUT2D eigenvalue weighted by Crippen LogP contribution is 2.18. The maximum atomic E-state index is 12.4. The molecule has 6 nitrogen and oxygen atoms in total. The van der Waals surface area contributed by atoms with Gasteiger partial charge < -0.3 is 10.2 Å². The molecule has 0 saturated carbocycles. The van der Waals surface area contributed by atoms with E-state index in [-0.39, 0.29) is 0 Å². The lowest BCUT2D eigenvalue weighted by Gasteiger charge is -2.36. The van der Waals surface area contributed by atoms with Crippen molar-refractivity contribution < 1.29 is 8.42 Å². The van der Waals surface area contributed by atoms with Crippen molar-refractivity contribution in [3.8, 4) is 0 Å². The minimum Gasteiger partial charge on any atom is -0.320 e. The number of hydrogen-bond acceptors (Lipinski definition) is 4. The smallest absolute Gasteiger partial charge is 0.281 e. The number of nitrogens with one attached hydrogen (secondary N) is 1. The Hall–Kier alpha value is -0.210. The van der Waals surface area contributed by atoms with Crippen LogP contribution in [0.15, 0.2) is 0 Å². The quantitative estimate of drug-likeness (QED) is 0.660. The standard InChI is InChI=1S/C12H28N4O2S/c1-13-8-5-9-15(4)19(17,18)16-10-6-12(7-11-16)14(2)3/h12-13H,5-11H2,1-4H3. The van der Waals surface area contributed by atoms with E-state index in [1.54, 1.807) is 11.4 Å². The second-order valence-electron chi connectivity index (χ2n) is 5.38. The first-order chi connectivity index (χ1) is 8.89. The summed E-state index contributed by atoms with van der Waals surface area (Å²) < 4.78 is 27.8. The van der Waals surface area contributed by atoms with Crippen LogP contribution >= 0.6 is 0 Å². The van der Waals surface area contributed by atoms with Crippen molar-refractivity contribution in [2.75, 3.05) is 54.4 Å². The Balaban J connectivity index is 2.50. The van der Waals surface area contributed by atoms with Gasteiger partial charge in [-0.05, 0) is 47.0 Å². The average molecular weight is 292 g/mol. The molecule has 1 aliphatic heterocycles. The van der Waals surface area contributed by atoms with Crippen molar-refractivity contribution in [2.24, 2.45) is 0 Å². The highest BCUT2D eigenvalue weighted by molar-refractivity contribution is 7.86. The molecule has 1 rings (SSSR count). The zero-order valence-corrected chi connectivity index (χ0v) is 13.4. The van der Waals surface area contributed by atoms with Crippen LogP contribution in [0.4, 0.5) is 0 Å². The third kappa shape index (κ3) is 4.68.